The molecule has 2 heterocycles. The molecule has 0 amide bonds. The number of aliphatic hydroxyl groups is 2. The Morgan fingerprint density at radius 3 is 2.73 bits per heavy atom. The maximum absolute atomic E-state index is 12.7. The van der Waals surface area contributed by atoms with Crippen LogP contribution in [-0.4, -0.2) is 44.8 Å². The van der Waals surface area contributed by atoms with Gasteiger partial charge < -0.3 is 14.9 Å². The summed E-state index contributed by atoms with van der Waals surface area (Å²) in [6.07, 6.45) is -0.888. The molecule has 1 aliphatic heterocycles. The molecule has 2 unspecified atom stereocenters. The lowest BCUT2D eigenvalue weighted by atomic mass is 10.2. The van der Waals surface area contributed by atoms with E-state index in [0.717, 1.165) is 4.57 Å². The number of aromatic nitrogens is 2. The van der Waals surface area contributed by atoms with Crippen LogP contribution in [0.1, 0.15) is 25.1 Å². The Balaban J connectivity index is 2.42. The number of alkyl halides is 1. The third-order valence-electron chi connectivity index (χ3n) is 3.82. The van der Waals surface area contributed by atoms with Crippen LogP contribution in [0, 0.1) is 12.8 Å². The smallest absolute Gasteiger partial charge is 0.333 e. The zero-order chi connectivity index (χ0) is 16.4. The molecule has 0 spiro atoms. The summed E-state index contributed by atoms with van der Waals surface area (Å²) in [6, 6.07) is 0. The van der Waals surface area contributed by atoms with Crippen molar-refractivity contribution in [3.8, 4) is 0 Å². The van der Waals surface area contributed by atoms with Gasteiger partial charge in [0.15, 0.2) is 0 Å². The monoisotopic (exact) mass is 316 g/mol. The van der Waals surface area contributed by atoms with Crippen LogP contribution < -0.4 is 11.2 Å². The lowest BCUT2D eigenvalue weighted by Gasteiger charge is -2.18. The van der Waals surface area contributed by atoms with Gasteiger partial charge in [0.25, 0.3) is 5.56 Å². The fraction of sp³-hybridized carbons (Fsp3) is 0.714. The highest BCUT2D eigenvalue weighted by atomic mass is 19.1. The molecule has 7 nitrogen and oxygen atoms in total. The number of nitrogens with zero attached hydrogens (tertiary/aromatic N) is 2. The Morgan fingerprint density at radius 2 is 2.18 bits per heavy atom. The van der Waals surface area contributed by atoms with E-state index in [1.807, 2.05) is 0 Å². The first kappa shape index (κ1) is 16.9. The molecule has 4 atom stereocenters. The van der Waals surface area contributed by atoms with Crippen molar-refractivity contribution in [3.63, 3.8) is 0 Å². The van der Waals surface area contributed by atoms with Gasteiger partial charge in [-0.1, -0.05) is 6.92 Å². The van der Waals surface area contributed by atoms with Crippen molar-refractivity contribution in [1.82, 2.24) is 9.13 Å². The molecule has 0 radical (unpaired) electrons. The highest BCUT2D eigenvalue weighted by Gasteiger charge is 2.35. The predicted octanol–water partition coefficient (Wildman–Crippen LogP) is -0.435. The summed E-state index contributed by atoms with van der Waals surface area (Å²) in [5.74, 6) is -0.457. The quantitative estimate of drug-likeness (QED) is 0.768. The maximum Gasteiger partial charge on any atom is 0.333 e. The minimum absolute atomic E-state index is 0.0193. The number of aryl methyl sites for hydroxylation is 1. The van der Waals surface area contributed by atoms with E-state index in [2.05, 4.69) is 0 Å². The number of ether oxygens (including phenoxy) is 1. The first-order valence-electron chi connectivity index (χ1n) is 7.22. The molecule has 0 bridgehead atoms. The lowest BCUT2D eigenvalue weighted by Crippen LogP contribution is -2.43. The summed E-state index contributed by atoms with van der Waals surface area (Å²) < 4.78 is 20.3. The summed E-state index contributed by atoms with van der Waals surface area (Å²) in [4.78, 5) is 24.6. The van der Waals surface area contributed by atoms with Crippen LogP contribution in [0.4, 0.5) is 4.39 Å². The first-order valence-corrected chi connectivity index (χ1v) is 7.22. The van der Waals surface area contributed by atoms with Gasteiger partial charge in [0.05, 0.1) is 19.4 Å². The average molecular weight is 316 g/mol. The SMILES string of the molecule is Cc1cn([C@H]2CC(O)[C@@H](CO)O2)c(=O)n(CC(C)CF)c1=O. The maximum atomic E-state index is 12.7. The highest BCUT2D eigenvalue weighted by molar-refractivity contribution is 5.04. The molecule has 2 N–H and O–H groups in total. The summed E-state index contributed by atoms with van der Waals surface area (Å²) in [7, 11) is 0. The average Bonchev–Trinajstić information content (AvgIpc) is 2.87. The number of rotatable bonds is 5. The minimum Gasteiger partial charge on any atom is -0.394 e. The fourth-order valence-electron chi connectivity index (χ4n) is 2.54. The van der Waals surface area contributed by atoms with Gasteiger partial charge in [-0.3, -0.25) is 18.3 Å². The van der Waals surface area contributed by atoms with Gasteiger partial charge in [0.1, 0.15) is 12.3 Å². The van der Waals surface area contributed by atoms with Gasteiger partial charge in [-0.2, -0.15) is 0 Å². The normalized spacial score (nSPS) is 26.3. The van der Waals surface area contributed by atoms with E-state index in [1.54, 1.807) is 13.8 Å². The van der Waals surface area contributed by atoms with E-state index < -0.39 is 42.3 Å². The Morgan fingerprint density at radius 1 is 1.50 bits per heavy atom. The van der Waals surface area contributed by atoms with Crippen molar-refractivity contribution in [3.05, 3.63) is 32.6 Å². The number of halogens is 1. The van der Waals surface area contributed by atoms with Crippen LogP contribution >= 0.6 is 0 Å². The molecule has 0 aromatic carbocycles. The predicted molar refractivity (Wildman–Crippen MR) is 76.5 cm³/mol. The summed E-state index contributed by atoms with van der Waals surface area (Å²) in [5.41, 5.74) is -0.735. The van der Waals surface area contributed by atoms with E-state index in [1.165, 1.54) is 10.8 Å². The molecular formula is C14H21FN2O5. The first-order chi connectivity index (χ1) is 10.4. The largest absolute Gasteiger partial charge is 0.394 e. The van der Waals surface area contributed by atoms with E-state index in [4.69, 9.17) is 9.84 Å². The Labute approximate surface area is 126 Å². The number of hydrogen-bond acceptors (Lipinski definition) is 5. The molecule has 2 rings (SSSR count). The molecule has 1 saturated heterocycles. The third-order valence-corrected chi connectivity index (χ3v) is 3.82. The van der Waals surface area contributed by atoms with Crippen molar-refractivity contribution in [2.45, 2.75) is 45.2 Å². The van der Waals surface area contributed by atoms with Crippen LogP contribution in [0.15, 0.2) is 15.8 Å². The molecule has 0 saturated carbocycles. The van der Waals surface area contributed by atoms with Crippen LogP contribution in [0.3, 0.4) is 0 Å². The van der Waals surface area contributed by atoms with Crippen LogP contribution in [0.25, 0.3) is 0 Å². The van der Waals surface area contributed by atoms with Crippen molar-refractivity contribution < 1.29 is 19.3 Å². The Hall–Kier alpha value is -1.51. The zero-order valence-electron chi connectivity index (χ0n) is 12.6. The molecule has 22 heavy (non-hydrogen) atoms. The van der Waals surface area contributed by atoms with Gasteiger partial charge in [-0.15, -0.1) is 0 Å². The van der Waals surface area contributed by atoms with E-state index in [9.17, 15) is 19.1 Å². The molecule has 124 valence electrons. The van der Waals surface area contributed by atoms with Crippen molar-refractivity contribution >= 4 is 0 Å². The summed E-state index contributed by atoms with van der Waals surface area (Å²) in [6.45, 7) is 2.16. The Bertz CT molecular complexity index is 641. The number of hydrogen-bond donors (Lipinski definition) is 2. The van der Waals surface area contributed by atoms with E-state index >= 15 is 0 Å². The standard InChI is InChI=1S/C14H21FN2O5/c1-8(4-15)5-17-13(20)9(2)6-16(14(17)21)12-3-10(19)11(7-18)22-12/h6,8,10-12,18-19H,3-5,7H2,1-2H3/t8?,10?,11-,12-/m1/s1. The lowest BCUT2D eigenvalue weighted by molar-refractivity contribution is -0.0464. The van der Waals surface area contributed by atoms with Gasteiger partial charge in [0.2, 0.25) is 0 Å². The topological polar surface area (TPSA) is 93.7 Å². The van der Waals surface area contributed by atoms with Crippen molar-refractivity contribution in [2.24, 2.45) is 5.92 Å². The second-order valence-corrected chi connectivity index (χ2v) is 5.79. The van der Waals surface area contributed by atoms with Gasteiger partial charge in [-0.05, 0) is 6.92 Å². The van der Waals surface area contributed by atoms with E-state index in [-0.39, 0.29) is 19.6 Å². The number of aliphatic hydroxyl groups excluding tert-OH is 2. The zero-order valence-corrected chi connectivity index (χ0v) is 12.6. The molecule has 1 aliphatic rings. The third kappa shape index (κ3) is 3.13. The second kappa shape index (κ2) is 6.72. The molecule has 8 heteroatoms. The molecule has 1 fully saturated rings. The molecule has 1 aromatic rings. The Kier molecular flexibility index (Phi) is 5.15. The van der Waals surface area contributed by atoms with Crippen LogP contribution in [0.2, 0.25) is 0 Å². The van der Waals surface area contributed by atoms with Gasteiger partial charge in [0, 0.05) is 30.6 Å². The van der Waals surface area contributed by atoms with Crippen LogP contribution in [0.5, 0.6) is 0 Å². The summed E-state index contributed by atoms with van der Waals surface area (Å²) in [5, 5.41) is 18.9. The second-order valence-electron chi connectivity index (χ2n) is 5.79. The molecule has 1 aromatic heterocycles. The molecular weight excluding hydrogens is 295 g/mol. The highest BCUT2D eigenvalue weighted by Crippen LogP contribution is 2.27. The van der Waals surface area contributed by atoms with Crippen molar-refractivity contribution in [2.75, 3.05) is 13.3 Å². The summed E-state index contributed by atoms with van der Waals surface area (Å²) >= 11 is 0. The fourth-order valence-corrected chi connectivity index (χ4v) is 2.54. The van der Waals surface area contributed by atoms with Crippen molar-refractivity contribution in [1.29, 1.82) is 0 Å². The van der Waals surface area contributed by atoms with Crippen LogP contribution in [-0.2, 0) is 11.3 Å². The minimum atomic E-state index is -0.882. The van der Waals surface area contributed by atoms with E-state index in [0.29, 0.717) is 5.56 Å². The van der Waals surface area contributed by atoms with Gasteiger partial charge in [-0.25, -0.2) is 4.79 Å². The molecule has 0 aliphatic carbocycles. The van der Waals surface area contributed by atoms with Gasteiger partial charge >= 0.3 is 5.69 Å².